The molecule has 192 valence electrons. The second kappa shape index (κ2) is 11.2. The van der Waals surface area contributed by atoms with Crippen LogP contribution in [0, 0.1) is 13.8 Å². The van der Waals surface area contributed by atoms with Crippen molar-refractivity contribution in [3.63, 3.8) is 0 Å². The molecule has 0 radical (unpaired) electrons. The molecule has 1 aromatic heterocycles. The normalized spacial score (nSPS) is 16.6. The van der Waals surface area contributed by atoms with Crippen molar-refractivity contribution in [2.45, 2.75) is 57.5 Å². The Morgan fingerprint density at radius 3 is 2.36 bits per heavy atom. The van der Waals surface area contributed by atoms with Crippen molar-refractivity contribution >= 4 is 27.3 Å². The average Bonchev–Trinajstić information content (AvgIpc) is 3.35. The summed E-state index contributed by atoms with van der Waals surface area (Å²) in [5.74, 6) is 0.541. The van der Waals surface area contributed by atoms with Crippen LogP contribution in [-0.4, -0.2) is 49.3 Å². The number of sulfonamides is 1. The van der Waals surface area contributed by atoms with Crippen LogP contribution in [0.25, 0.3) is 0 Å². The number of hydrogen-bond acceptors (Lipinski definition) is 5. The molecule has 2 aromatic carbocycles. The number of benzene rings is 2. The van der Waals surface area contributed by atoms with Crippen LogP contribution in [-0.2, 0) is 21.2 Å². The maximum atomic E-state index is 13.7. The van der Waals surface area contributed by atoms with E-state index in [0.29, 0.717) is 19.6 Å². The van der Waals surface area contributed by atoms with Crippen molar-refractivity contribution in [1.82, 2.24) is 9.21 Å². The molecule has 4 rings (SSSR count). The predicted octanol–water partition coefficient (Wildman–Crippen LogP) is 5.36. The molecule has 0 saturated carbocycles. The Morgan fingerprint density at radius 1 is 1.08 bits per heavy atom. The van der Waals surface area contributed by atoms with E-state index in [2.05, 4.69) is 6.07 Å². The molecule has 1 aliphatic rings. The van der Waals surface area contributed by atoms with E-state index < -0.39 is 10.0 Å². The molecule has 2 heterocycles. The highest BCUT2D eigenvalue weighted by molar-refractivity contribution is 7.89. The zero-order valence-corrected chi connectivity index (χ0v) is 22.9. The van der Waals surface area contributed by atoms with Gasteiger partial charge < -0.3 is 9.64 Å². The van der Waals surface area contributed by atoms with Crippen LogP contribution >= 0.6 is 11.3 Å². The van der Waals surface area contributed by atoms with E-state index >= 15 is 0 Å². The third-order valence-corrected chi connectivity index (χ3v) is 9.82. The van der Waals surface area contributed by atoms with Gasteiger partial charge in [0.1, 0.15) is 12.4 Å². The summed E-state index contributed by atoms with van der Waals surface area (Å²) < 4.78 is 34.6. The molecule has 0 aliphatic carbocycles. The van der Waals surface area contributed by atoms with Crippen LogP contribution < -0.4 is 4.74 Å². The number of carbonyl (C=O) groups is 1. The minimum Gasteiger partial charge on any atom is -0.491 e. The highest BCUT2D eigenvalue weighted by Crippen LogP contribution is 2.34. The molecule has 6 nitrogen and oxygen atoms in total. The lowest BCUT2D eigenvalue weighted by molar-refractivity contribution is -0.135. The van der Waals surface area contributed by atoms with Crippen LogP contribution in [0.2, 0.25) is 0 Å². The zero-order chi connectivity index (χ0) is 25.9. The van der Waals surface area contributed by atoms with Gasteiger partial charge in [0.2, 0.25) is 15.9 Å². The van der Waals surface area contributed by atoms with Gasteiger partial charge in [-0.15, -0.1) is 11.3 Å². The Bertz CT molecular complexity index is 1280. The summed E-state index contributed by atoms with van der Waals surface area (Å²) in [6, 6.07) is 16.1. The topological polar surface area (TPSA) is 66.9 Å². The van der Waals surface area contributed by atoms with Crippen molar-refractivity contribution in [1.29, 1.82) is 0 Å². The van der Waals surface area contributed by atoms with Gasteiger partial charge in [-0.25, -0.2) is 8.42 Å². The summed E-state index contributed by atoms with van der Waals surface area (Å²) in [6.45, 7) is 8.37. The summed E-state index contributed by atoms with van der Waals surface area (Å²) in [5, 5.41) is 2.05. The Hall–Kier alpha value is -2.68. The molecule has 0 unspecified atom stereocenters. The van der Waals surface area contributed by atoms with Gasteiger partial charge in [0.25, 0.3) is 0 Å². The summed E-state index contributed by atoms with van der Waals surface area (Å²) in [5.41, 5.74) is 3.22. The lowest BCUT2D eigenvalue weighted by atomic mass is 10.0. The molecule has 2 atom stereocenters. The predicted molar refractivity (Wildman–Crippen MR) is 144 cm³/mol. The number of fused-ring (bicyclic) bond motifs is 1. The molecule has 0 bridgehead atoms. The summed E-state index contributed by atoms with van der Waals surface area (Å²) in [4.78, 5) is 17.0. The van der Waals surface area contributed by atoms with E-state index in [-0.39, 0.29) is 29.4 Å². The van der Waals surface area contributed by atoms with Crippen LogP contribution in [0.4, 0.5) is 0 Å². The molecule has 0 fully saturated rings. The van der Waals surface area contributed by atoms with Crippen LogP contribution in [0.15, 0.2) is 64.9 Å². The number of amides is 1. The number of ether oxygens (including phenoxy) is 1. The largest absolute Gasteiger partial charge is 0.491 e. The van der Waals surface area contributed by atoms with Crippen LogP contribution in [0.1, 0.15) is 47.9 Å². The Labute approximate surface area is 218 Å². The van der Waals surface area contributed by atoms with E-state index in [0.717, 1.165) is 28.9 Å². The van der Waals surface area contributed by atoms with E-state index in [1.54, 1.807) is 40.5 Å². The van der Waals surface area contributed by atoms with Gasteiger partial charge in [0.15, 0.2) is 0 Å². The van der Waals surface area contributed by atoms with Crippen molar-refractivity contribution in [3.8, 4) is 5.75 Å². The highest BCUT2D eigenvalue weighted by Gasteiger charge is 2.36. The third kappa shape index (κ3) is 5.66. The summed E-state index contributed by atoms with van der Waals surface area (Å²) >= 11 is 1.69. The Morgan fingerprint density at radius 2 is 1.72 bits per heavy atom. The van der Waals surface area contributed by atoms with Gasteiger partial charge in [-0.3, -0.25) is 4.79 Å². The molecule has 1 amide bonds. The lowest BCUT2D eigenvalue weighted by Gasteiger charge is -2.37. The van der Waals surface area contributed by atoms with Crippen LogP contribution in [0.5, 0.6) is 5.75 Å². The van der Waals surface area contributed by atoms with Crippen LogP contribution in [0.3, 0.4) is 0 Å². The van der Waals surface area contributed by atoms with Gasteiger partial charge in [-0.1, -0.05) is 42.3 Å². The van der Waals surface area contributed by atoms with Crippen molar-refractivity contribution in [3.05, 3.63) is 81.5 Å². The van der Waals surface area contributed by atoms with E-state index in [1.165, 1.54) is 9.18 Å². The van der Waals surface area contributed by atoms with E-state index in [1.807, 2.05) is 57.3 Å². The standard InChI is InChI=1S/C28H34N2O4S2/c1-5-22(4)30(36(32,33)24-12-8-21(3)9-13-24)18-28(31)29-16-14-27-25(15-17-35-27)26(29)19-34-23-10-6-20(2)7-11-23/h6-13,15,17,22,26H,5,14,16,18-19H2,1-4H3/t22-,26-/m1/s1. The molecule has 0 saturated heterocycles. The van der Waals surface area contributed by atoms with Gasteiger partial charge in [0.05, 0.1) is 17.5 Å². The van der Waals surface area contributed by atoms with Crippen molar-refractivity contribution in [2.24, 2.45) is 0 Å². The highest BCUT2D eigenvalue weighted by atomic mass is 32.2. The number of thiophene rings is 1. The van der Waals surface area contributed by atoms with Crippen molar-refractivity contribution in [2.75, 3.05) is 19.7 Å². The lowest BCUT2D eigenvalue weighted by Crippen LogP contribution is -2.49. The fraction of sp³-hybridized carbons (Fsp3) is 0.393. The molecule has 8 heteroatoms. The van der Waals surface area contributed by atoms with Gasteiger partial charge in [-0.2, -0.15) is 4.31 Å². The molecule has 3 aromatic rings. The molecule has 36 heavy (non-hydrogen) atoms. The second-order valence-corrected chi connectivity index (χ2v) is 12.3. The van der Waals surface area contributed by atoms with Gasteiger partial charge >= 0.3 is 0 Å². The first-order chi connectivity index (χ1) is 17.2. The monoisotopic (exact) mass is 526 g/mol. The molecular formula is C28H34N2O4S2. The maximum Gasteiger partial charge on any atom is 0.243 e. The number of hydrogen-bond donors (Lipinski definition) is 0. The number of rotatable bonds is 9. The smallest absolute Gasteiger partial charge is 0.243 e. The Balaban J connectivity index is 1.58. The average molecular weight is 527 g/mol. The minimum atomic E-state index is -3.83. The van der Waals surface area contributed by atoms with E-state index in [9.17, 15) is 13.2 Å². The maximum absolute atomic E-state index is 13.7. The third-order valence-electron chi connectivity index (χ3n) is 6.85. The molecular weight excluding hydrogens is 492 g/mol. The first-order valence-electron chi connectivity index (χ1n) is 12.3. The van der Waals surface area contributed by atoms with E-state index in [4.69, 9.17) is 4.74 Å². The number of nitrogens with zero attached hydrogens (tertiary/aromatic N) is 2. The summed E-state index contributed by atoms with van der Waals surface area (Å²) in [6.07, 6.45) is 1.36. The zero-order valence-electron chi connectivity index (χ0n) is 21.3. The molecule has 1 aliphatic heterocycles. The number of aryl methyl sites for hydroxylation is 2. The molecule has 0 N–H and O–H groups in total. The quantitative estimate of drug-likeness (QED) is 0.377. The fourth-order valence-corrected chi connectivity index (χ4v) is 7.02. The second-order valence-electron chi connectivity index (χ2n) is 9.40. The number of carbonyl (C=O) groups excluding carboxylic acids is 1. The first-order valence-corrected chi connectivity index (χ1v) is 14.7. The van der Waals surface area contributed by atoms with Gasteiger partial charge in [0, 0.05) is 17.5 Å². The van der Waals surface area contributed by atoms with Gasteiger partial charge in [-0.05, 0) is 74.9 Å². The molecule has 0 spiro atoms. The first kappa shape index (κ1) is 26.4. The minimum absolute atomic E-state index is 0.203. The summed E-state index contributed by atoms with van der Waals surface area (Å²) in [7, 11) is -3.83. The SMILES string of the molecule is CC[C@@H](C)N(CC(=O)N1CCc2sccc2[C@H]1COc1ccc(C)cc1)S(=O)(=O)c1ccc(C)cc1. The van der Waals surface area contributed by atoms with Crippen molar-refractivity contribution < 1.29 is 17.9 Å². The Kier molecular flexibility index (Phi) is 8.17. The fourth-order valence-electron chi connectivity index (χ4n) is 4.44.